The van der Waals surface area contributed by atoms with E-state index in [1.54, 1.807) is 6.92 Å². The fourth-order valence-electron chi connectivity index (χ4n) is 1.49. The lowest BCUT2D eigenvalue weighted by Gasteiger charge is -2.35. The molecular weight excluding hydrogens is 160 g/mol. The summed E-state index contributed by atoms with van der Waals surface area (Å²) in [4.78, 5) is 11.0. The first-order valence-corrected chi connectivity index (χ1v) is 4.10. The Morgan fingerprint density at radius 3 is 2.58 bits per heavy atom. The van der Waals surface area contributed by atoms with Crippen molar-refractivity contribution in [1.29, 1.82) is 0 Å². The molecule has 0 aromatic rings. The van der Waals surface area contributed by atoms with Crippen molar-refractivity contribution >= 4 is 5.78 Å². The van der Waals surface area contributed by atoms with Crippen molar-refractivity contribution in [3.63, 3.8) is 0 Å². The van der Waals surface area contributed by atoms with Crippen molar-refractivity contribution in [2.75, 3.05) is 0 Å². The number of hydrogen-bond donors (Lipinski definition) is 3. The van der Waals surface area contributed by atoms with Crippen molar-refractivity contribution < 1.29 is 20.1 Å². The lowest BCUT2D eigenvalue weighted by molar-refractivity contribution is -0.152. The fraction of sp³-hybridized carbons (Fsp3) is 0.875. The minimum Gasteiger partial charge on any atom is -0.390 e. The van der Waals surface area contributed by atoms with E-state index >= 15 is 0 Å². The van der Waals surface area contributed by atoms with Gasteiger partial charge in [-0.1, -0.05) is 6.92 Å². The summed E-state index contributed by atoms with van der Waals surface area (Å²) in [6.07, 6.45) is -1.98. The number of aliphatic hydroxyl groups is 3. The van der Waals surface area contributed by atoms with Crippen LogP contribution >= 0.6 is 0 Å². The summed E-state index contributed by atoms with van der Waals surface area (Å²) in [5.74, 6) is -0.474. The van der Waals surface area contributed by atoms with Crippen LogP contribution in [0.15, 0.2) is 0 Å². The summed E-state index contributed by atoms with van der Waals surface area (Å²) >= 11 is 0. The maximum atomic E-state index is 11.0. The summed E-state index contributed by atoms with van der Waals surface area (Å²) in [6, 6.07) is 0. The van der Waals surface area contributed by atoms with Gasteiger partial charge in [0.15, 0.2) is 5.78 Å². The van der Waals surface area contributed by atoms with Gasteiger partial charge in [-0.05, 0) is 6.42 Å². The molecule has 1 aliphatic carbocycles. The standard InChI is InChI=1S/C8H14O4/c1-2-8(12)3-5(9)7(11)6(10)4-8/h5,7,9,11-12H,2-4H2,1H3. The molecule has 3 N–H and O–H groups in total. The first-order valence-electron chi connectivity index (χ1n) is 4.10. The number of Topliss-reactive ketones (excluding diaryl/α,β-unsaturated/α-hetero) is 1. The molecule has 0 spiro atoms. The van der Waals surface area contributed by atoms with Crippen molar-refractivity contribution in [3.8, 4) is 0 Å². The van der Waals surface area contributed by atoms with Crippen molar-refractivity contribution in [2.24, 2.45) is 0 Å². The lowest BCUT2D eigenvalue weighted by atomic mass is 9.79. The van der Waals surface area contributed by atoms with Crippen molar-refractivity contribution in [1.82, 2.24) is 0 Å². The van der Waals surface area contributed by atoms with E-state index in [0.717, 1.165) is 0 Å². The fourth-order valence-corrected chi connectivity index (χ4v) is 1.49. The molecule has 70 valence electrons. The Bertz CT molecular complexity index is 191. The first-order chi connectivity index (χ1) is 5.48. The van der Waals surface area contributed by atoms with Gasteiger partial charge in [0.1, 0.15) is 6.10 Å². The minimum atomic E-state index is -1.31. The number of rotatable bonds is 1. The lowest BCUT2D eigenvalue weighted by Crippen LogP contribution is -2.49. The largest absolute Gasteiger partial charge is 0.390 e. The highest BCUT2D eigenvalue weighted by Crippen LogP contribution is 2.28. The quantitative estimate of drug-likeness (QED) is 0.487. The third-order valence-electron chi connectivity index (χ3n) is 2.44. The molecule has 0 amide bonds. The van der Waals surface area contributed by atoms with Crippen molar-refractivity contribution in [3.05, 3.63) is 0 Å². The van der Waals surface area contributed by atoms with Gasteiger partial charge in [0, 0.05) is 12.8 Å². The predicted octanol–water partition coefficient (Wildman–Crippen LogP) is -0.788. The molecule has 3 atom stereocenters. The normalized spacial score (nSPS) is 43.2. The molecule has 0 aromatic heterocycles. The minimum absolute atomic E-state index is 0.0538. The Labute approximate surface area is 70.8 Å². The molecule has 0 heterocycles. The van der Waals surface area contributed by atoms with Gasteiger partial charge in [-0.3, -0.25) is 4.79 Å². The molecule has 1 fully saturated rings. The Balaban J connectivity index is 2.72. The van der Waals surface area contributed by atoms with Crippen LogP contribution in [0.1, 0.15) is 26.2 Å². The molecule has 0 aromatic carbocycles. The zero-order valence-corrected chi connectivity index (χ0v) is 7.03. The number of carbonyl (C=O) groups excluding carboxylic acids is 1. The Morgan fingerprint density at radius 2 is 2.17 bits per heavy atom. The van der Waals surface area contributed by atoms with Crippen LogP contribution in [-0.2, 0) is 4.79 Å². The predicted molar refractivity (Wildman–Crippen MR) is 41.5 cm³/mol. The highest BCUT2D eigenvalue weighted by Gasteiger charge is 2.41. The molecule has 12 heavy (non-hydrogen) atoms. The zero-order chi connectivity index (χ0) is 9.35. The molecular formula is C8H14O4. The van der Waals surface area contributed by atoms with E-state index in [-0.39, 0.29) is 12.8 Å². The molecule has 4 nitrogen and oxygen atoms in total. The van der Waals surface area contributed by atoms with Gasteiger partial charge in [0.2, 0.25) is 0 Å². The van der Waals surface area contributed by atoms with E-state index < -0.39 is 23.6 Å². The Hall–Kier alpha value is -0.450. The average molecular weight is 174 g/mol. The highest BCUT2D eigenvalue weighted by atomic mass is 16.3. The second-order valence-corrected chi connectivity index (χ2v) is 3.44. The van der Waals surface area contributed by atoms with E-state index in [2.05, 4.69) is 0 Å². The SMILES string of the molecule is CCC1(O)CC(=O)C(O)C(O)C1. The van der Waals surface area contributed by atoms with E-state index in [0.29, 0.717) is 6.42 Å². The van der Waals surface area contributed by atoms with Gasteiger partial charge in [-0.15, -0.1) is 0 Å². The monoisotopic (exact) mass is 174 g/mol. The average Bonchev–Trinajstić information content (AvgIpc) is 2.00. The molecule has 1 rings (SSSR count). The van der Waals surface area contributed by atoms with Crippen LogP contribution in [0.3, 0.4) is 0 Å². The molecule has 0 saturated heterocycles. The van der Waals surface area contributed by atoms with E-state index in [9.17, 15) is 15.0 Å². The Kier molecular flexibility index (Phi) is 2.51. The van der Waals surface area contributed by atoms with Gasteiger partial charge >= 0.3 is 0 Å². The first kappa shape index (κ1) is 9.64. The van der Waals surface area contributed by atoms with Gasteiger partial charge in [-0.25, -0.2) is 0 Å². The Morgan fingerprint density at radius 1 is 1.58 bits per heavy atom. The maximum Gasteiger partial charge on any atom is 0.166 e. The molecule has 4 heteroatoms. The third-order valence-corrected chi connectivity index (χ3v) is 2.44. The van der Waals surface area contributed by atoms with E-state index in [4.69, 9.17) is 5.11 Å². The molecule has 3 unspecified atom stereocenters. The zero-order valence-electron chi connectivity index (χ0n) is 7.03. The van der Waals surface area contributed by atoms with E-state index in [1.165, 1.54) is 0 Å². The summed E-state index contributed by atoms with van der Waals surface area (Å²) in [6.45, 7) is 1.75. The van der Waals surface area contributed by atoms with Gasteiger partial charge in [-0.2, -0.15) is 0 Å². The highest BCUT2D eigenvalue weighted by molar-refractivity contribution is 5.85. The second-order valence-electron chi connectivity index (χ2n) is 3.44. The number of aliphatic hydroxyl groups excluding tert-OH is 2. The van der Waals surface area contributed by atoms with Crippen LogP contribution in [0, 0.1) is 0 Å². The van der Waals surface area contributed by atoms with Crippen LogP contribution in [0.25, 0.3) is 0 Å². The van der Waals surface area contributed by atoms with Crippen LogP contribution < -0.4 is 0 Å². The van der Waals surface area contributed by atoms with Gasteiger partial charge in [0.25, 0.3) is 0 Å². The van der Waals surface area contributed by atoms with E-state index in [1.807, 2.05) is 0 Å². The summed E-state index contributed by atoms with van der Waals surface area (Å²) in [5.41, 5.74) is -1.12. The van der Waals surface area contributed by atoms with Gasteiger partial charge in [0.05, 0.1) is 11.7 Å². The maximum absolute atomic E-state index is 11.0. The number of hydrogen-bond acceptors (Lipinski definition) is 4. The van der Waals surface area contributed by atoms with Crippen LogP contribution in [0.5, 0.6) is 0 Å². The second kappa shape index (κ2) is 3.12. The summed E-state index contributed by atoms with van der Waals surface area (Å²) < 4.78 is 0. The molecule has 0 aliphatic heterocycles. The van der Waals surface area contributed by atoms with Crippen LogP contribution in [0.4, 0.5) is 0 Å². The smallest absolute Gasteiger partial charge is 0.166 e. The molecule has 0 radical (unpaired) electrons. The summed E-state index contributed by atoms with van der Waals surface area (Å²) in [7, 11) is 0. The van der Waals surface area contributed by atoms with Gasteiger partial charge < -0.3 is 15.3 Å². The topological polar surface area (TPSA) is 77.8 Å². The van der Waals surface area contributed by atoms with Crippen LogP contribution in [-0.4, -0.2) is 38.9 Å². The molecule has 0 bridgehead atoms. The third kappa shape index (κ3) is 1.65. The molecule has 1 saturated carbocycles. The van der Waals surface area contributed by atoms with Crippen LogP contribution in [0.2, 0.25) is 0 Å². The molecule has 1 aliphatic rings. The van der Waals surface area contributed by atoms with Crippen molar-refractivity contribution in [2.45, 2.75) is 44.0 Å². The number of carbonyl (C=O) groups is 1. The number of ketones is 1. The summed E-state index contributed by atoms with van der Waals surface area (Å²) in [5, 5.41) is 27.9.